The summed E-state index contributed by atoms with van der Waals surface area (Å²) in [5.41, 5.74) is 0. The molecular weight excluding hydrogens is 249 g/mol. The highest BCUT2D eigenvalue weighted by Gasteiger charge is 2.09. The third-order valence-corrected chi connectivity index (χ3v) is 1.91. The molecule has 1 nitrogen and oxygen atoms in total. The van der Waals surface area contributed by atoms with E-state index in [-0.39, 0.29) is 3.42 Å². The molecule has 0 fully saturated rings. The zero-order valence-electron chi connectivity index (χ0n) is 7.63. The lowest BCUT2D eigenvalue weighted by atomic mass is 10.1. The Morgan fingerprint density at radius 1 is 1.27 bits per heavy atom. The van der Waals surface area contributed by atoms with Gasteiger partial charge in [0, 0.05) is 14.1 Å². The van der Waals surface area contributed by atoms with Gasteiger partial charge in [0.15, 0.2) is 0 Å². The SMILES string of the molecule is CC=CC(C)(I)C=CN(C)C. The van der Waals surface area contributed by atoms with E-state index in [2.05, 4.69) is 53.9 Å². The van der Waals surface area contributed by atoms with Crippen LogP contribution in [0, 0.1) is 0 Å². The van der Waals surface area contributed by atoms with Crippen LogP contribution in [-0.4, -0.2) is 22.4 Å². The van der Waals surface area contributed by atoms with Gasteiger partial charge in [0.1, 0.15) is 0 Å². The molecule has 2 heteroatoms. The molecule has 0 rings (SSSR count). The van der Waals surface area contributed by atoms with E-state index >= 15 is 0 Å². The summed E-state index contributed by atoms with van der Waals surface area (Å²) in [6, 6.07) is 0. The third-order valence-electron chi connectivity index (χ3n) is 1.19. The number of halogens is 1. The zero-order chi connectivity index (χ0) is 8.91. The summed E-state index contributed by atoms with van der Waals surface area (Å²) in [6.07, 6.45) is 8.50. The van der Waals surface area contributed by atoms with Gasteiger partial charge < -0.3 is 4.90 Å². The van der Waals surface area contributed by atoms with Crippen LogP contribution in [0.15, 0.2) is 24.4 Å². The van der Waals surface area contributed by atoms with Crippen molar-refractivity contribution in [2.24, 2.45) is 0 Å². The number of allylic oxidation sites excluding steroid dienone is 3. The van der Waals surface area contributed by atoms with E-state index in [1.165, 1.54) is 0 Å². The van der Waals surface area contributed by atoms with E-state index in [1.54, 1.807) is 0 Å². The molecule has 0 saturated carbocycles. The number of hydrogen-bond donors (Lipinski definition) is 0. The van der Waals surface area contributed by atoms with Gasteiger partial charge in [-0.1, -0.05) is 34.7 Å². The van der Waals surface area contributed by atoms with Crippen molar-refractivity contribution in [3.8, 4) is 0 Å². The quantitative estimate of drug-likeness (QED) is 0.431. The van der Waals surface area contributed by atoms with Gasteiger partial charge in [-0.05, 0) is 26.1 Å². The molecule has 64 valence electrons. The summed E-state index contributed by atoms with van der Waals surface area (Å²) in [4.78, 5) is 2.04. The summed E-state index contributed by atoms with van der Waals surface area (Å²) in [6.45, 7) is 4.22. The fourth-order valence-corrected chi connectivity index (χ4v) is 1.20. The molecule has 0 aromatic rings. The van der Waals surface area contributed by atoms with Gasteiger partial charge in [-0.2, -0.15) is 0 Å². The maximum atomic E-state index is 2.41. The minimum absolute atomic E-state index is 0.150. The highest BCUT2D eigenvalue weighted by atomic mass is 127. The van der Waals surface area contributed by atoms with Crippen LogP contribution in [0.5, 0.6) is 0 Å². The zero-order valence-corrected chi connectivity index (χ0v) is 9.79. The van der Waals surface area contributed by atoms with Crippen molar-refractivity contribution in [1.29, 1.82) is 0 Å². The molecule has 0 spiro atoms. The van der Waals surface area contributed by atoms with Crippen molar-refractivity contribution in [3.05, 3.63) is 24.4 Å². The fraction of sp³-hybridized carbons (Fsp3) is 0.556. The van der Waals surface area contributed by atoms with Crippen molar-refractivity contribution in [2.45, 2.75) is 17.3 Å². The second-order valence-electron chi connectivity index (χ2n) is 2.93. The molecule has 0 aliphatic heterocycles. The topological polar surface area (TPSA) is 3.24 Å². The molecule has 0 amide bonds. The van der Waals surface area contributed by atoms with Crippen LogP contribution in [0.1, 0.15) is 13.8 Å². The van der Waals surface area contributed by atoms with Crippen LogP contribution in [0.25, 0.3) is 0 Å². The molecule has 11 heavy (non-hydrogen) atoms. The molecule has 0 N–H and O–H groups in total. The molecule has 0 radical (unpaired) electrons. The summed E-state index contributed by atoms with van der Waals surface area (Å²) in [7, 11) is 4.05. The van der Waals surface area contributed by atoms with E-state index in [0.717, 1.165) is 0 Å². The normalized spacial score (nSPS) is 17.5. The first-order valence-corrected chi connectivity index (χ1v) is 4.74. The van der Waals surface area contributed by atoms with Crippen molar-refractivity contribution in [3.63, 3.8) is 0 Å². The second kappa shape index (κ2) is 4.80. The Kier molecular flexibility index (Phi) is 4.81. The Balaban J connectivity index is 4.11. The number of nitrogens with zero attached hydrogens (tertiary/aromatic N) is 1. The lowest BCUT2D eigenvalue weighted by Crippen LogP contribution is -2.09. The van der Waals surface area contributed by atoms with Gasteiger partial charge in [-0.25, -0.2) is 0 Å². The highest BCUT2D eigenvalue weighted by Crippen LogP contribution is 2.21. The molecule has 0 aromatic carbocycles. The van der Waals surface area contributed by atoms with Crippen LogP contribution in [0.2, 0.25) is 0 Å². The number of alkyl halides is 1. The van der Waals surface area contributed by atoms with Gasteiger partial charge in [0.05, 0.1) is 3.42 Å². The first-order valence-electron chi connectivity index (χ1n) is 3.66. The molecular formula is C9H16IN. The summed E-state index contributed by atoms with van der Waals surface area (Å²) < 4.78 is 0.150. The molecule has 1 unspecified atom stereocenters. The maximum absolute atomic E-state index is 2.41. The third kappa shape index (κ3) is 6.41. The summed E-state index contributed by atoms with van der Waals surface area (Å²) >= 11 is 2.41. The van der Waals surface area contributed by atoms with E-state index in [9.17, 15) is 0 Å². The molecule has 1 atom stereocenters. The highest BCUT2D eigenvalue weighted by molar-refractivity contribution is 14.1. The molecule has 0 aliphatic carbocycles. The Hall–Kier alpha value is 0.01000. The molecule has 0 aliphatic rings. The van der Waals surface area contributed by atoms with Crippen molar-refractivity contribution >= 4 is 22.6 Å². The number of hydrogen-bond acceptors (Lipinski definition) is 1. The van der Waals surface area contributed by atoms with E-state index < -0.39 is 0 Å². The first-order chi connectivity index (χ1) is 4.98. The van der Waals surface area contributed by atoms with Crippen LogP contribution in [-0.2, 0) is 0 Å². The Morgan fingerprint density at radius 2 is 1.82 bits per heavy atom. The van der Waals surface area contributed by atoms with Crippen LogP contribution in [0.3, 0.4) is 0 Å². The Labute approximate surface area is 83.3 Å². The average Bonchev–Trinajstić information content (AvgIpc) is 1.84. The number of rotatable bonds is 3. The van der Waals surface area contributed by atoms with E-state index in [4.69, 9.17) is 0 Å². The van der Waals surface area contributed by atoms with Gasteiger partial charge in [-0.15, -0.1) is 0 Å². The molecule has 0 saturated heterocycles. The Bertz CT molecular complexity index is 157. The maximum Gasteiger partial charge on any atom is 0.0569 e. The smallest absolute Gasteiger partial charge is 0.0569 e. The van der Waals surface area contributed by atoms with Crippen LogP contribution in [0.4, 0.5) is 0 Å². The van der Waals surface area contributed by atoms with Crippen LogP contribution >= 0.6 is 22.6 Å². The van der Waals surface area contributed by atoms with Crippen LogP contribution < -0.4 is 0 Å². The van der Waals surface area contributed by atoms with E-state index in [0.29, 0.717) is 0 Å². The largest absolute Gasteiger partial charge is 0.384 e. The summed E-state index contributed by atoms with van der Waals surface area (Å²) in [5, 5.41) is 0. The monoisotopic (exact) mass is 265 g/mol. The van der Waals surface area contributed by atoms with E-state index in [1.807, 2.05) is 25.9 Å². The second-order valence-corrected chi connectivity index (χ2v) is 5.25. The summed E-state index contributed by atoms with van der Waals surface area (Å²) in [5.74, 6) is 0. The van der Waals surface area contributed by atoms with Gasteiger partial charge in [-0.3, -0.25) is 0 Å². The lowest BCUT2D eigenvalue weighted by Gasteiger charge is -2.13. The predicted molar refractivity (Wildman–Crippen MR) is 60.1 cm³/mol. The molecule has 0 heterocycles. The van der Waals surface area contributed by atoms with Gasteiger partial charge in [0.2, 0.25) is 0 Å². The van der Waals surface area contributed by atoms with Crippen molar-refractivity contribution in [2.75, 3.05) is 14.1 Å². The van der Waals surface area contributed by atoms with Crippen molar-refractivity contribution in [1.82, 2.24) is 4.90 Å². The van der Waals surface area contributed by atoms with Gasteiger partial charge >= 0.3 is 0 Å². The standard InChI is InChI=1S/C9H16IN/c1-5-6-9(2,10)7-8-11(3)4/h5-8H,1-4H3. The van der Waals surface area contributed by atoms with Crippen molar-refractivity contribution < 1.29 is 0 Å². The first kappa shape index (κ1) is 11.0. The lowest BCUT2D eigenvalue weighted by molar-refractivity contribution is 0.560. The average molecular weight is 265 g/mol. The molecule has 0 bridgehead atoms. The minimum atomic E-state index is 0.150. The van der Waals surface area contributed by atoms with Gasteiger partial charge in [0.25, 0.3) is 0 Å². The Morgan fingerprint density at radius 3 is 2.18 bits per heavy atom. The fourth-order valence-electron chi connectivity index (χ4n) is 0.676. The molecule has 0 aromatic heterocycles. The minimum Gasteiger partial charge on any atom is -0.384 e. The predicted octanol–water partition coefficient (Wildman–Crippen LogP) is 2.83.